The van der Waals surface area contributed by atoms with Crippen molar-refractivity contribution >= 4 is 5.91 Å². The fourth-order valence-electron chi connectivity index (χ4n) is 2.60. The zero-order valence-electron chi connectivity index (χ0n) is 11.7. The highest BCUT2D eigenvalue weighted by Crippen LogP contribution is 2.16. The lowest BCUT2D eigenvalue weighted by Gasteiger charge is -2.16. The van der Waals surface area contributed by atoms with Crippen molar-refractivity contribution in [3.05, 3.63) is 18.2 Å². The van der Waals surface area contributed by atoms with Gasteiger partial charge in [0.1, 0.15) is 0 Å². The molecule has 1 heterocycles. The third-order valence-electron chi connectivity index (χ3n) is 3.72. The number of nitrogens with zero attached hydrogens (tertiary/aromatic N) is 2. The predicted octanol–water partition coefficient (Wildman–Crippen LogP) is 1.46. The van der Waals surface area contributed by atoms with E-state index in [2.05, 4.69) is 15.6 Å². The maximum absolute atomic E-state index is 11.8. The van der Waals surface area contributed by atoms with E-state index in [1.807, 2.05) is 7.05 Å². The number of nitrogens with one attached hydrogen (secondary N) is 2. The molecule has 1 aliphatic rings. The zero-order valence-corrected chi connectivity index (χ0v) is 11.7. The number of imidazole rings is 1. The van der Waals surface area contributed by atoms with Crippen molar-refractivity contribution in [2.24, 2.45) is 7.05 Å². The van der Waals surface area contributed by atoms with Gasteiger partial charge in [-0.3, -0.25) is 4.79 Å². The summed E-state index contributed by atoms with van der Waals surface area (Å²) in [5.74, 6) is 0.365. The Balaban J connectivity index is 1.64. The molecule has 1 fully saturated rings. The van der Waals surface area contributed by atoms with Crippen molar-refractivity contribution in [1.29, 1.82) is 0 Å². The van der Waals surface area contributed by atoms with Crippen molar-refractivity contribution in [2.75, 3.05) is 13.1 Å². The van der Waals surface area contributed by atoms with Gasteiger partial charge in [-0.25, -0.2) is 4.98 Å². The van der Waals surface area contributed by atoms with Gasteiger partial charge in [0.2, 0.25) is 0 Å². The molecule has 1 aromatic rings. The minimum atomic E-state index is -0.102. The van der Waals surface area contributed by atoms with E-state index >= 15 is 0 Å². The van der Waals surface area contributed by atoms with Gasteiger partial charge in [-0.1, -0.05) is 25.7 Å². The Morgan fingerprint density at radius 3 is 2.68 bits per heavy atom. The normalized spacial score (nSPS) is 17.1. The summed E-state index contributed by atoms with van der Waals surface area (Å²) in [5.41, 5.74) is 0. The summed E-state index contributed by atoms with van der Waals surface area (Å²) in [4.78, 5) is 15.8. The lowest BCUT2D eigenvalue weighted by Crippen LogP contribution is -2.37. The summed E-state index contributed by atoms with van der Waals surface area (Å²) in [7, 11) is 1.83. The highest BCUT2D eigenvalue weighted by Gasteiger charge is 2.12. The molecule has 0 spiro atoms. The van der Waals surface area contributed by atoms with Crippen LogP contribution < -0.4 is 10.6 Å². The quantitative estimate of drug-likeness (QED) is 0.625. The Labute approximate surface area is 114 Å². The van der Waals surface area contributed by atoms with Crippen LogP contribution in [0.3, 0.4) is 0 Å². The molecule has 1 aliphatic carbocycles. The first-order chi connectivity index (χ1) is 9.27. The molecule has 2 N–H and O–H groups in total. The highest BCUT2D eigenvalue weighted by atomic mass is 16.2. The molecule has 1 amide bonds. The van der Waals surface area contributed by atoms with Gasteiger partial charge in [-0.05, 0) is 12.8 Å². The van der Waals surface area contributed by atoms with Crippen LogP contribution in [0.4, 0.5) is 0 Å². The van der Waals surface area contributed by atoms with Crippen molar-refractivity contribution in [1.82, 2.24) is 20.2 Å². The largest absolute Gasteiger partial charge is 0.348 e. The van der Waals surface area contributed by atoms with Crippen LogP contribution in [0.1, 0.15) is 49.1 Å². The smallest absolute Gasteiger partial charge is 0.287 e. The summed E-state index contributed by atoms with van der Waals surface area (Å²) in [5, 5.41) is 6.43. The Hall–Kier alpha value is -1.36. The Morgan fingerprint density at radius 2 is 2.05 bits per heavy atom. The summed E-state index contributed by atoms with van der Waals surface area (Å²) in [6, 6.07) is 0.632. The van der Waals surface area contributed by atoms with Crippen molar-refractivity contribution in [2.45, 2.75) is 44.6 Å². The lowest BCUT2D eigenvalue weighted by molar-refractivity contribution is 0.0940. The van der Waals surface area contributed by atoms with Crippen LogP contribution in [0.5, 0.6) is 0 Å². The van der Waals surface area contributed by atoms with Gasteiger partial charge in [0.15, 0.2) is 5.82 Å². The first-order valence-electron chi connectivity index (χ1n) is 7.26. The van der Waals surface area contributed by atoms with Crippen molar-refractivity contribution < 1.29 is 4.79 Å². The Morgan fingerprint density at radius 1 is 1.32 bits per heavy atom. The zero-order chi connectivity index (χ0) is 13.5. The maximum Gasteiger partial charge on any atom is 0.287 e. The number of carbonyl (C=O) groups is 1. The van der Waals surface area contributed by atoms with E-state index in [0.717, 1.165) is 6.54 Å². The van der Waals surface area contributed by atoms with Gasteiger partial charge in [-0.2, -0.15) is 0 Å². The van der Waals surface area contributed by atoms with Crippen LogP contribution in [0.15, 0.2) is 12.4 Å². The number of rotatable bonds is 5. The van der Waals surface area contributed by atoms with Gasteiger partial charge in [0.25, 0.3) is 5.91 Å². The molecule has 5 nitrogen and oxygen atoms in total. The van der Waals surface area contributed by atoms with Crippen LogP contribution in [-0.4, -0.2) is 34.6 Å². The topological polar surface area (TPSA) is 59.0 Å². The molecule has 0 unspecified atom stereocenters. The van der Waals surface area contributed by atoms with Crippen LogP contribution in [0.2, 0.25) is 0 Å². The molecule has 2 rings (SSSR count). The number of aryl methyl sites for hydroxylation is 1. The summed E-state index contributed by atoms with van der Waals surface area (Å²) >= 11 is 0. The molecule has 1 saturated carbocycles. The molecule has 106 valence electrons. The molecular formula is C14H24N4O. The van der Waals surface area contributed by atoms with E-state index in [9.17, 15) is 4.79 Å². The molecule has 0 aromatic carbocycles. The fraction of sp³-hybridized carbons (Fsp3) is 0.714. The summed E-state index contributed by atoms with van der Waals surface area (Å²) < 4.78 is 1.73. The van der Waals surface area contributed by atoms with Crippen molar-refractivity contribution in [3.8, 4) is 0 Å². The van der Waals surface area contributed by atoms with E-state index in [1.54, 1.807) is 17.0 Å². The Kier molecular flexibility index (Phi) is 5.39. The second-order valence-electron chi connectivity index (χ2n) is 5.26. The standard InChI is InChI=1S/C14H24N4O/c1-18-11-10-16-13(18)14(19)17-9-8-15-12-6-4-2-3-5-7-12/h10-12,15H,2-9H2,1H3,(H,17,19). The second kappa shape index (κ2) is 7.28. The van der Waals surface area contributed by atoms with E-state index in [1.165, 1.54) is 38.5 Å². The molecule has 0 aliphatic heterocycles. The molecule has 0 saturated heterocycles. The molecule has 0 radical (unpaired) electrons. The number of amides is 1. The summed E-state index contributed by atoms with van der Waals surface area (Å²) in [6.07, 6.45) is 11.4. The fourth-order valence-corrected chi connectivity index (χ4v) is 2.60. The average molecular weight is 264 g/mol. The monoisotopic (exact) mass is 264 g/mol. The molecule has 19 heavy (non-hydrogen) atoms. The van der Waals surface area contributed by atoms with Gasteiger partial charge in [-0.15, -0.1) is 0 Å². The van der Waals surface area contributed by atoms with Crippen LogP contribution >= 0.6 is 0 Å². The Bertz CT molecular complexity index is 394. The summed E-state index contributed by atoms with van der Waals surface area (Å²) in [6.45, 7) is 1.49. The number of aromatic nitrogens is 2. The van der Waals surface area contributed by atoms with Gasteiger partial charge < -0.3 is 15.2 Å². The molecule has 5 heteroatoms. The van der Waals surface area contributed by atoms with E-state index in [-0.39, 0.29) is 5.91 Å². The lowest BCUT2D eigenvalue weighted by atomic mass is 10.1. The van der Waals surface area contributed by atoms with Crippen LogP contribution in [0, 0.1) is 0 Å². The first-order valence-corrected chi connectivity index (χ1v) is 7.26. The maximum atomic E-state index is 11.8. The van der Waals surface area contributed by atoms with Crippen LogP contribution in [-0.2, 0) is 7.05 Å². The molecule has 0 atom stereocenters. The molecule has 1 aromatic heterocycles. The van der Waals surface area contributed by atoms with Crippen LogP contribution in [0.25, 0.3) is 0 Å². The number of hydrogen-bond acceptors (Lipinski definition) is 3. The number of carbonyl (C=O) groups excluding carboxylic acids is 1. The first kappa shape index (κ1) is 14.1. The molecule has 0 bridgehead atoms. The second-order valence-corrected chi connectivity index (χ2v) is 5.26. The van der Waals surface area contributed by atoms with Gasteiger partial charge in [0.05, 0.1) is 0 Å². The minimum absolute atomic E-state index is 0.102. The average Bonchev–Trinajstić information content (AvgIpc) is 2.68. The predicted molar refractivity (Wildman–Crippen MR) is 75.0 cm³/mol. The van der Waals surface area contributed by atoms with E-state index in [0.29, 0.717) is 18.4 Å². The highest BCUT2D eigenvalue weighted by molar-refractivity contribution is 5.90. The molecular weight excluding hydrogens is 240 g/mol. The SMILES string of the molecule is Cn1ccnc1C(=O)NCCNC1CCCCCC1. The minimum Gasteiger partial charge on any atom is -0.348 e. The van der Waals surface area contributed by atoms with Crippen molar-refractivity contribution in [3.63, 3.8) is 0 Å². The third-order valence-corrected chi connectivity index (χ3v) is 3.72. The van der Waals surface area contributed by atoms with Gasteiger partial charge >= 0.3 is 0 Å². The van der Waals surface area contributed by atoms with E-state index < -0.39 is 0 Å². The van der Waals surface area contributed by atoms with Gasteiger partial charge in [0, 0.05) is 38.6 Å². The van der Waals surface area contributed by atoms with E-state index in [4.69, 9.17) is 0 Å². The third kappa shape index (κ3) is 4.35. The number of hydrogen-bond donors (Lipinski definition) is 2.